The van der Waals surface area contributed by atoms with Crippen LogP contribution in [0, 0.1) is 6.92 Å². The van der Waals surface area contributed by atoms with Crippen molar-refractivity contribution in [1.29, 1.82) is 0 Å². The van der Waals surface area contributed by atoms with Gasteiger partial charge in [-0.1, -0.05) is 66.2 Å². The van der Waals surface area contributed by atoms with Gasteiger partial charge in [-0.2, -0.15) is 0 Å². The molecule has 5 heteroatoms. The average Bonchev–Trinajstić information content (AvgIpc) is 2.81. The zero-order valence-corrected chi connectivity index (χ0v) is 17.7. The average molecular weight is 422 g/mol. The first-order valence-electron chi connectivity index (χ1n) is 10.4. The Kier molecular flexibility index (Phi) is 6.37. The molecule has 0 aliphatic heterocycles. The topological polar surface area (TPSA) is 71.1 Å². The maximum atomic E-state index is 13.0. The van der Waals surface area contributed by atoms with Crippen LogP contribution in [-0.4, -0.2) is 16.8 Å². The van der Waals surface area contributed by atoms with Gasteiger partial charge in [0.1, 0.15) is 5.82 Å². The zero-order valence-electron chi connectivity index (χ0n) is 17.7. The molecule has 2 amide bonds. The number of aryl methyl sites for hydroxylation is 1. The van der Waals surface area contributed by atoms with E-state index in [2.05, 4.69) is 15.6 Å². The van der Waals surface area contributed by atoms with E-state index in [0.29, 0.717) is 17.1 Å². The molecule has 0 spiro atoms. The van der Waals surface area contributed by atoms with Gasteiger partial charge in [-0.05, 0) is 53.9 Å². The Labute approximate surface area is 187 Å². The highest BCUT2D eigenvalue weighted by atomic mass is 16.2. The zero-order chi connectivity index (χ0) is 22.3. The van der Waals surface area contributed by atoms with Crippen molar-refractivity contribution < 1.29 is 9.59 Å². The molecule has 3 aromatic carbocycles. The predicted molar refractivity (Wildman–Crippen MR) is 128 cm³/mol. The number of amides is 2. The van der Waals surface area contributed by atoms with Crippen molar-refractivity contribution in [2.45, 2.75) is 13.3 Å². The van der Waals surface area contributed by atoms with Crippen molar-refractivity contribution in [3.05, 3.63) is 114 Å². The molecule has 0 unspecified atom stereocenters. The Hall–Kier alpha value is -4.25. The van der Waals surface area contributed by atoms with E-state index in [9.17, 15) is 9.59 Å². The van der Waals surface area contributed by atoms with E-state index in [0.717, 1.165) is 16.7 Å². The summed E-state index contributed by atoms with van der Waals surface area (Å²) in [6, 6.07) is 28.3. The lowest BCUT2D eigenvalue weighted by Gasteiger charge is -2.11. The van der Waals surface area contributed by atoms with Crippen molar-refractivity contribution in [3.63, 3.8) is 0 Å². The quantitative estimate of drug-likeness (QED) is 0.432. The molecule has 4 aromatic rings. The summed E-state index contributed by atoms with van der Waals surface area (Å²) in [5, 5.41) is 5.71. The normalized spacial score (nSPS) is 10.4. The second-order valence-corrected chi connectivity index (χ2v) is 7.50. The van der Waals surface area contributed by atoms with E-state index in [4.69, 9.17) is 0 Å². The van der Waals surface area contributed by atoms with Gasteiger partial charge in [0, 0.05) is 17.4 Å². The number of pyridine rings is 1. The van der Waals surface area contributed by atoms with Crippen LogP contribution in [0.3, 0.4) is 0 Å². The Balaban J connectivity index is 1.42. The van der Waals surface area contributed by atoms with Crippen LogP contribution in [0.4, 0.5) is 11.5 Å². The van der Waals surface area contributed by atoms with Crippen LogP contribution < -0.4 is 10.6 Å². The number of carbonyl (C=O) groups is 2. The molecule has 1 aromatic heterocycles. The molecule has 0 fully saturated rings. The van der Waals surface area contributed by atoms with Gasteiger partial charge in [-0.25, -0.2) is 4.98 Å². The SMILES string of the molecule is Cc1ccc(-c2ccccc2C(=O)Nc2ccc(CC(=O)Nc3ccccn3)cc2)cc1. The lowest BCUT2D eigenvalue weighted by atomic mass is 9.98. The molecule has 158 valence electrons. The number of hydrogen-bond donors (Lipinski definition) is 2. The summed E-state index contributed by atoms with van der Waals surface area (Å²) in [5.41, 5.74) is 5.17. The van der Waals surface area contributed by atoms with Crippen LogP contribution in [0.2, 0.25) is 0 Å². The van der Waals surface area contributed by atoms with E-state index >= 15 is 0 Å². The van der Waals surface area contributed by atoms with Gasteiger partial charge in [0.15, 0.2) is 0 Å². The van der Waals surface area contributed by atoms with E-state index in [-0.39, 0.29) is 18.2 Å². The predicted octanol–water partition coefficient (Wildman–Crippen LogP) is 5.49. The first kappa shape index (κ1) is 21.0. The summed E-state index contributed by atoms with van der Waals surface area (Å²) in [4.78, 5) is 29.3. The Morgan fingerprint density at radius 3 is 2.22 bits per heavy atom. The molecule has 0 aliphatic rings. The highest BCUT2D eigenvalue weighted by Crippen LogP contribution is 2.25. The van der Waals surface area contributed by atoms with Gasteiger partial charge < -0.3 is 10.6 Å². The van der Waals surface area contributed by atoms with Crippen LogP contribution in [0.25, 0.3) is 11.1 Å². The number of carbonyl (C=O) groups excluding carboxylic acids is 2. The van der Waals surface area contributed by atoms with E-state index in [1.165, 1.54) is 5.56 Å². The largest absolute Gasteiger partial charge is 0.322 e. The smallest absolute Gasteiger partial charge is 0.256 e. The van der Waals surface area contributed by atoms with Crippen molar-refractivity contribution in [1.82, 2.24) is 4.98 Å². The van der Waals surface area contributed by atoms with E-state index in [1.54, 1.807) is 30.5 Å². The minimum absolute atomic E-state index is 0.146. The van der Waals surface area contributed by atoms with Crippen LogP contribution in [-0.2, 0) is 11.2 Å². The lowest BCUT2D eigenvalue weighted by Crippen LogP contribution is -2.15. The summed E-state index contributed by atoms with van der Waals surface area (Å²) >= 11 is 0. The molecule has 2 N–H and O–H groups in total. The summed E-state index contributed by atoms with van der Waals surface area (Å²) in [6.07, 6.45) is 1.85. The van der Waals surface area contributed by atoms with Gasteiger partial charge >= 0.3 is 0 Å². The second-order valence-electron chi connectivity index (χ2n) is 7.50. The van der Waals surface area contributed by atoms with Gasteiger partial charge in [-0.15, -0.1) is 0 Å². The third kappa shape index (κ3) is 5.26. The fourth-order valence-electron chi connectivity index (χ4n) is 3.38. The van der Waals surface area contributed by atoms with Crippen molar-refractivity contribution in [2.24, 2.45) is 0 Å². The third-order valence-corrected chi connectivity index (χ3v) is 5.04. The molecular formula is C27H23N3O2. The minimum atomic E-state index is -0.179. The van der Waals surface area contributed by atoms with Crippen LogP contribution in [0.5, 0.6) is 0 Å². The van der Waals surface area contributed by atoms with Gasteiger partial charge in [0.05, 0.1) is 6.42 Å². The molecule has 0 aliphatic carbocycles. The third-order valence-electron chi connectivity index (χ3n) is 5.04. The number of nitrogens with zero attached hydrogens (tertiary/aromatic N) is 1. The van der Waals surface area contributed by atoms with Crippen molar-refractivity contribution in [3.8, 4) is 11.1 Å². The molecule has 0 saturated heterocycles. The first-order chi connectivity index (χ1) is 15.6. The Morgan fingerprint density at radius 1 is 0.781 bits per heavy atom. The van der Waals surface area contributed by atoms with Crippen molar-refractivity contribution >= 4 is 23.3 Å². The maximum absolute atomic E-state index is 13.0. The highest BCUT2D eigenvalue weighted by Gasteiger charge is 2.13. The highest BCUT2D eigenvalue weighted by molar-refractivity contribution is 6.08. The van der Waals surface area contributed by atoms with Crippen LogP contribution in [0.15, 0.2) is 97.2 Å². The maximum Gasteiger partial charge on any atom is 0.256 e. The number of benzene rings is 3. The summed E-state index contributed by atoms with van der Waals surface area (Å²) < 4.78 is 0. The Morgan fingerprint density at radius 2 is 1.50 bits per heavy atom. The summed E-state index contributed by atoms with van der Waals surface area (Å²) in [5.74, 6) is 0.197. The Bertz CT molecular complexity index is 1220. The lowest BCUT2D eigenvalue weighted by molar-refractivity contribution is -0.115. The molecule has 1 heterocycles. The molecule has 0 radical (unpaired) electrons. The molecule has 4 rings (SSSR count). The summed E-state index contributed by atoms with van der Waals surface area (Å²) in [7, 11) is 0. The van der Waals surface area contributed by atoms with Crippen LogP contribution >= 0.6 is 0 Å². The minimum Gasteiger partial charge on any atom is -0.322 e. The number of nitrogens with one attached hydrogen (secondary N) is 2. The standard InChI is InChI=1S/C27H23N3O2/c1-19-9-13-21(14-10-19)23-6-2-3-7-24(23)27(32)29-22-15-11-20(12-16-22)18-26(31)30-25-8-4-5-17-28-25/h2-17H,18H2,1H3,(H,29,32)(H,28,30,31). The van der Waals surface area contributed by atoms with Gasteiger partial charge in [-0.3, -0.25) is 9.59 Å². The number of anilines is 2. The monoisotopic (exact) mass is 421 g/mol. The molecule has 32 heavy (non-hydrogen) atoms. The van der Waals surface area contributed by atoms with Gasteiger partial charge in [0.2, 0.25) is 5.91 Å². The number of aromatic nitrogens is 1. The molecular weight excluding hydrogens is 398 g/mol. The number of hydrogen-bond acceptors (Lipinski definition) is 3. The molecule has 0 bridgehead atoms. The van der Waals surface area contributed by atoms with E-state index in [1.807, 2.05) is 73.7 Å². The van der Waals surface area contributed by atoms with Crippen LogP contribution in [0.1, 0.15) is 21.5 Å². The fourth-order valence-corrected chi connectivity index (χ4v) is 3.38. The van der Waals surface area contributed by atoms with E-state index < -0.39 is 0 Å². The fraction of sp³-hybridized carbons (Fsp3) is 0.0741. The molecule has 5 nitrogen and oxygen atoms in total. The van der Waals surface area contributed by atoms with Gasteiger partial charge in [0.25, 0.3) is 5.91 Å². The van der Waals surface area contributed by atoms with Crippen molar-refractivity contribution in [2.75, 3.05) is 10.6 Å². The molecule has 0 saturated carbocycles. The summed E-state index contributed by atoms with van der Waals surface area (Å²) in [6.45, 7) is 2.04. The first-order valence-corrected chi connectivity index (χ1v) is 10.4. The number of rotatable bonds is 6. The second kappa shape index (κ2) is 9.71. The molecule has 0 atom stereocenters.